The van der Waals surface area contributed by atoms with Gasteiger partial charge in [0.2, 0.25) is 11.8 Å². The van der Waals surface area contributed by atoms with E-state index in [4.69, 9.17) is 4.74 Å². The number of carbonyl (C=O) groups is 2. The van der Waals surface area contributed by atoms with E-state index in [1.807, 2.05) is 24.3 Å². The minimum atomic E-state index is -0.0769. The van der Waals surface area contributed by atoms with Gasteiger partial charge < -0.3 is 15.0 Å². The number of hydrogen-bond acceptors (Lipinski definition) is 3. The van der Waals surface area contributed by atoms with Crippen molar-refractivity contribution in [1.29, 1.82) is 0 Å². The van der Waals surface area contributed by atoms with Crippen LogP contribution < -0.4 is 10.1 Å². The molecule has 1 saturated heterocycles. The fourth-order valence-electron chi connectivity index (χ4n) is 2.12. The molecule has 0 bridgehead atoms. The summed E-state index contributed by atoms with van der Waals surface area (Å²) in [5.74, 6) is 0.734. The Balaban J connectivity index is 1.69. The predicted octanol–water partition coefficient (Wildman–Crippen LogP) is 1.96. The summed E-state index contributed by atoms with van der Waals surface area (Å²) in [4.78, 5) is 25.1. The lowest BCUT2D eigenvalue weighted by Crippen LogP contribution is -2.37. The summed E-state index contributed by atoms with van der Waals surface area (Å²) in [7, 11) is 0. The molecule has 0 saturated carbocycles. The third-order valence-electron chi connectivity index (χ3n) is 3.23. The number of benzene rings is 1. The zero-order valence-electron chi connectivity index (χ0n) is 11.8. The molecule has 1 aromatic carbocycles. The smallest absolute Gasteiger partial charge is 0.239 e. The Labute approximate surface area is 132 Å². The summed E-state index contributed by atoms with van der Waals surface area (Å²) in [6.07, 6.45) is 1.86. The Kier molecular flexibility index (Phi) is 6.04. The maximum absolute atomic E-state index is 12.0. The van der Waals surface area contributed by atoms with Crippen LogP contribution >= 0.6 is 15.9 Å². The van der Waals surface area contributed by atoms with Gasteiger partial charge in [-0.05, 0) is 37.1 Å². The molecule has 1 fully saturated rings. The topological polar surface area (TPSA) is 58.6 Å². The number of nitrogens with zero attached hydrogens (tertiary/aromatic N) is 1. The first kappa shape index (κ1) is 15.8. The van der Waals surface area contributed by atoms with E-state index >= 15 is 0 Å². The van der Waals surface area contributed by atoms with E-state index in [0.29, 0.717) is 32.5 Å². The van der Waals surface area contributed by atoms with Crippen molar-refractivity contribution in [2.45, 2.75) is 19.3 Å². The average Bonchev–Trinajstić information content (AvgIpc) is 2.70. The van der Waals surface area contributed by atoms with Crippen LogP contribution in [0.5, 0.6) is 5.75 Å². The molecule has 0 aliphatic carbocycles. The highest BCUT2D eigenvalue weighted by Gasteiger charge is 2.18. The standard InChI is InChI=1S/C15H19BrN2O3/c16-12-4-6-13(7-5-12)21-10-1-3-15(20)18-9-2-8-17-14(19)11-18/h4-7H,1-3,8-11H2,(H,17,19). The molecule has 0 atom stereocenters. The zero-order valence-corrected chi connectivity index (χ0v) is 13.4. The summed E-state index contributed by atoms with van der Waals surface area (Å²) >= 11 is 3.36. The lowest BCUT2D eigenvalue weighted by molar-refractivity contribution is -0.135. The van der Waals surface area contributed by atoms with Crippen LogP contribution in [-0.4, -0.2) is 43.0 Å². The number of carbonyl (C=O) groups excluding carboxylic acids is 2. The Morgan fingerprint density at radius 3 is 2.86 bits per heavy atom. The quantitative estimate of drug-likeness (QED) is 0.822. The summed E-state index contributed by atoms with van der Waals surface area (Å²) in [6, 6.07) is 7.59. The second-order valence-electron chi connectivity index (χ2n) is 4.92. The minimum Gasteiger partial charge on any atom is -0.494 e. The monoisotopic (exact) mass is 354 g/mol. The van der Waals surface area contributed by atoms with Crippen LogP contribution in [0.3, 0.4) is 0 Å². The molecule has 0 radical (unpaired) electrons. The molecule has 1 N–H and O–H groups in total. The molecule has 1 aliphatic heterocycles. The fourth-order valence-corrected chi connectivity index (χ4v) is 2.39. The molecule has 2 rings (SSSR count). The highest BCUT2D eigenvalue weighted by Crippen LogP contribution is 2.16. The Morgan fingerprint density at radius 1 is 1.33 bits per heavy atom. The maximum atomic E-state index is 12.0. The molecule has 0 unspecified atom stereocenters. The van der Waals surface area contributed by atoms with E-state index in [1.54, 1.807) is 4.90 Å². The number of amides is 2. The Hall–Kier alpha value is -1.56. The van der Waals surface area contributed by atoms with E-state index in [-0.39, 0.29) is 18.4 Å². The molecule has 1 heterocycles. The summed E-state index contributed by atoms with van der Waals surface area (Å²) < 4.78 is 6.58. The van der Waals surface area contributed by atoms with Gasteiger partial charge >= 0.3 is 0 Å². The van der Waals surface area contributed by atoms with Crippen molar-refractivity contribution >= 4 is 27.7 Å². The number of rotatable bonds is 5. The van der Waals surface area contributed by atoms with Gasteiger partial charge in [0.1, 0.15) is 5.75 Å². The highest BCUT2D eigenvalue weighted by molar-refractivity contribution is 9.10. The van der Waals surface area contributed by atoms with E-state index in [0.717, 1.165) is 16.6 Å². The predicted molar refractivity (Wildman–Crippen MR) is 83.1 cm³/mol. The van der Waals surface area contributed by atoms with Crippen molar-refractivity contribution in [3.05, 3.63) is 28.7 Å². The van der Waals surface area contributed by atoms with Crippen molar-refractivity contribution in [2.24, 2.45) is 0 Å². The summed E-state index contributed by atoms with van der Waals surface area (Å²) in [5, 5.41) is 2.76. The minimum absolute atomic E-state index is 0.0199. The van der Waals surface area contributed by atoms with Gasteiger partial charge in [-0.2, -0.15) is 0 Å². The average molecular weight is 355 g/mol. The number of hydrogen-bond donors (Lipinski definition) is 1. The zero-order chi connectivity index (χ0) is 15.1. The van der Waals surface area contributed by atoms with E-state index < -0.39 is 0 Å². The van der Waals surface area contributed by atoms with Gasteiger partial charge in [0.25, 0.3) is 0 Å². The second-order valence-corrected chi connectivity index (χ2v) is 5.84. The molecular weight excluding hydrogens is 336 g/mol. The third-order valence-corrected chi connectivity index (χ3v) is 3.76. The molecule has 0 aromatic heterocycles. The van der Waals surface area contributed by atoms with Crippen molar-refractivity contribution in [1.82, 2.24) is 10.2 Å². The maximum Gasteiger partial charge on any atom is 0.239 e. The van der Waals surface area contributed by atoms with E-state index in [1.165, 1.54) is 0 Å². The van der Waals surface area contributed by atoms with Crippen LogP contribution in [0.1, 0.15) is 19.3 Å². The summed E-state index contributed by atoms with van der Waals surface area (Å²) in [6.45, 7) is 1.96. The molecule has 1 aliphatic rings. The SMILES string of the molecule is O=C1CN(C(=O)CCCOc2ccc(Br)cc2)CCCN1. The van der Waals surface area contributed by atoms with Crippen molar-refractivity contribution in [3.63, 3.8) is 0 Å². The Morgan fingerprint density at radius 2 is 2.10 bits per heavy atom. The van der Waals surface area contributed by atoms with Gasteiger partial charge in [-0.15, -0.1) is 0 Å². The van der Waals surface area contributed by atoms with Gasteiger partial charge in [0.15, 0.2) is 0 Å². The van der Waals surface area contributed by atoms with Crippen LogP contribution in [0.15, 0.2) is 28.7 Å². The van der Waals surface area contributed by atoms with Crippen LogP contribution in [0.4, 0.5) is 0 Å². The first-order valence-corrected chi connectivity index (χ1v) is 7.87. The van der Waals surface area contributed by atoms with Crippen molar-refractivity contribution in [2.75, 3.05) is 26.2 Å². The van der Waals surface area contributed by atoms with Gasteiger partial charge in [0.05, 0.1) is 13.2 Å². The van der Waals surface area contributed by atoms with Gasteiger partial charge in [-0.1, -0.05) is 15.9 Å². The Bertz CT molecular complexity index is 490. The van der Waals surface area contributed by atoms with Crippen molar-refractivity contribution in [3.8, 4) is 5.75 Å². The summed E-state index contributed by atoms with van der Waals surface area (Å²) in [5.41, 5.74) is 0. The van der Waals surface area contributed by atoms with Crippen molar-refractivity contribution < 1.29 is 14.3 Å². The molecule has 114 valence electrons. The van der Waals surface area contributed by atoms with Gasteiger partial charge in [0, 0.05) is 24.0 Å². The molecule has 1 aromatic rings. The molecule has 21 heavy (non-hydrogen) atoms. The van der Waals surface area contributed by atoms with Crippen LogP contribution in [0.25, 0.3) is 0 Å². The first-order valence-electron chi connectivity index (χ1n) is 7.08. The van der Waals surface area contributed by atoms with Gasteiger partial charge in [-0.25, -0.2) is 0 Å². The van der Waals surface area contributed by atoms with Crippen LogP contribution in [0.2, 0.25) is 0 Å². The first-order chi connectivity index (χ1) is 10.1. The number of nitrogens with one attached hydrogen (secondary N) is 1. The molecule has 2 amide bonds. The highest BCUT2D eigenvalue weighted by atomic mass is 79.9. The second kappa shape index (κ2) is 8.02. The normalized spacial score (nSPS) is 15.3. The molecule has 0 spiro atoms. The van der Waals surface area contributed by atoms with E-state index in [9.17, 15) is 9.59 Å². The lowest BCUT2D eigenvalue weighted by Gasteiger charge is -2.18. The molecule has 5 nitrogen and oxygen atoms in total. The largest absolute Gasteiger partial charge is 0.494 e. The van der Waals surface area contributed by atoms with Crippen LogP contribution in [0, 0.1) is 0 Å². The van der Waals surface area contributed by atoms with Crippen LogP contribution in [-0.2, 0) is 9.59 Å². The number of ether oxygens (including phenoxy) is 1. The lowest BCUT2D eigenvalue weighted by atomic mass is 10.2. The third kappa shape index (κ3) is 5.38. The molecular formula is C15H19BrN2O3. The number of halogens is 1. The van der Waals surface area contributed by atoms with Gasteiger partial charge in [-0.3, -0.25) is 9.59 Å². The van der Waals surface area contributed by atoms with E-state index in [2.05, 4.69) is 21.2 Å². The fraction of sp³-hybridized carbons (Fsp3) is 0.467. The molecule has 6 heteroatoms.